The molecule has 33 heavy (non-hydrogen) atoms. The van der Waals surface area contributed by atoms with Crippen LogP contribution in [0.25, 0.3) is 0 Å². The van der Waals surface area contributed by atoms with Gasteiger partial charge in [-0.1, -0.05) is 48.5 Å². The first-order valence-corrected chi connectivity index (χ1v) is 10.5. The lowest BCUT2D eigenvalue weighted by molar-refractivity contribution is -0.156. The summed E-state index contributed by atoms with van der Waals surface area (Å²) in [6.45, 7) is 1.79. The SMILES string of the molecule is Cc1ccccc1C(=O)OC[C@H]1O[C@@H](n2cnc(C(N)=O)n2)C2OC(c3ccccc3)OC21. The number of ether oxygens (including phenoxy) is 4. The Hall–Kier alpha value is -3.60. The highest BCUT2D eigenvalue weighted by molar-refractivity contribution is 5.91. The molecule has 2 aliphatic rings. The van der Waals surface area contributed by atoms with Crippen LogP contribution in [0.3, 0.4) is 0 Å². The van der Waals surface area contributed by atoms with E-state index in [1.165, 1.54) is 11.0 Å². The van der Waals surface area contributed by atoms with Gasteiger partial charge in [0.2, 0.25) is 5.82 Å². The summed E-state index contributed by atoms with van der Waals surface area (Å²) in [5, 5.41) is 4.10. The molecule has 5 atom stereocenters. The van der Waals surface area contributed by atoms with E-state index in [9.17, 15) is 9.59 Å². The Balaban J connectivity index is 1.36. The molecule has 2 aliphatic heterocycles. The van der Waals surface area contributed by atoms with Gasteiger partial charge in [0, 0.05) is 5.56 Å². The number of esters is 1. The lowest BCUT2D eigenvalue weighted by Gasteiger charge is -2.20. The number of aromatic nitrogens is 3. The van der Waals surface area contributed by atoms with Gasteiger partial charge in [-0.05, 0) is 18.6 Å². The maximum atomic E-state index is 12.6. The van der Waals surface area contributed by atoms with Crippen molar-refractivity contribution >= 4 is 11.9 Å². The van der Waals surface area contributed by atoms with Gasteiger partial charge >= 0.3 is 5.97 Å². The Bertz CT molecular complexity index is 1170. The number of carbonyl (C=O) groups is 2. The van der Waals surface area contributed by atoms with Gasteiger partial charge in [0.1, 0.15) is 31.2 Å². The molecule has 5 rings (SSSR count). The molecule has 3 unspecified atom stereocenters. The summed E-state index contributed by atoms with van der Waals surface area (Å²) in [5.41, 5.74) is 7.42. The van der Waals surface area contributed by atoms with Crippen molar-refractivity contribution in [3.8, 4) is 0 Å². The first kappa shape index (κ1) is 21.3. The van der Waals surface area contributed by atoms with Gasteiger partial charge in [-0.25, -0.2) is 14.5 Å². The number of hydrogen-bond donors (Lipinski definition) is 1. The summed E-state index contributed by atoms with van der Waals surface area (Å²) >= 11 is 0. The van der Waals surface area contributed by atoms with Crippen molar-refractivity contribution in [1.29, 1.82) is 0 Å². The third kappa shape index (κ3) is 4.11. The van der Waals surface area contributed by atoms with E-state index in [0.717, 1.165) is 11.1 Å². The molecule has 2 N–H and O–H groups in total. The molecule has 1 amide bonds. The lowest BCUT2D eigenvalue weighted by atomic mass is 10.1. The monoisotopic (exact) mass is 450 g/mol. The first-order chi connectivity index (χ1) is 16.0. The standard InChI is InChI=1S/C23H22N4O6/c1-13-7-5-6-10-15(13)22(29)30-11-16-17-18(33-23(32-17)14-8-3-2-4-9-14)21(31-16)27-12-25-20(26-27)19(24)28/h2-10,12,16-18,21,23H,11H2,1H3,(H2,24,28)/t16-,17?,18?,21-,23?/m1/s1. The molecule has 170 valence electrons. The van der Waals surface area contributed by atoms with Crippen LogP contribution in [-0.4, -0.2) is 51.6 Å². The van der Waals surface area contributed by atoms with E-state index in [1.54, 1.807) is 12.1 Å². The van der Waals surface area contributed by atoms with Crippen LogP contribution in [0.1, 0.15) is 44.6 Å². The minimum Gasteiger partial charge on any atom is -0.459 e. The normalized spacial score (nSPS) is 26.2. The van der Waals surface area contributed by atoms with Crippen LogP contribution in [0.2, 0.25) is 0 Å². The average molecular weight is 450 g/mol. The van der Waals surface area contributed by atoms with Crippen LogP contribution in [-0.2, 0) is 18.9 Å². The summed E-state index contributed by atoms with van der Waals surface area (Å²) in [5.74, 6) is -1.34. The maximum absolute atomic E-state index is 12.6. The summed E-state index contributed by atoms with van der Waals surface area (Å²) in [4.78, 5) is 27.9. The van der Waals surface area contributed by atoms with Gasteiger partial charge in [0.25, 0.3) is 5.91 Å². The number of fused-ring (bicyclic) bond motifs is 1. The van der Waals surface area contributed by atoms with Crippen molar-refractivity contribution in [1.82, 2.24) is 14.8 Å². The minimum atomic E-state index is -0.752. The lowest BCUT2D eigenvalue weighted by Crippen LogP contribution is -2.32. The third-order valence-corrected chi connectivity index (χ3v) is 5.65. The number of nitrogens with zero attached hydrogens (tertiary/aromatic N) is 3. The molecule has 0 aliphatic carbocycles. The van der Waals surface area contributed by atoms with Gasteiger partial charge in [-0.3, -0.25) is 4.79 Å². The fraction of sp³-hybridized carbons (Fsp3) is 0.304. The number of benzene rings is 2. The van der Waals surface area contributed by atoms with Crippen LogP contribution in [0.4, 0.5) is 0 Å². The fourth-order valence-electron chi connectivity index (χ4n) is 4.00. The summed E-state index contributed by atoms with van der Waals surface area (Å²) in [6.07, 6.45) is -1.75. The van der Waals surface area contributed by atoms with Gasteiger partial charge in [-0.2, -0.15) is 0 Å². The predicted octanol–water partition coefficient (Wildman–Crippen LogP) is 1.92. The Morgan fingerprint density at radius 1 is 1.03 bits per heavy atom. The number of aryl methyl sites for hydroxylation is 1. The molecule has 2 saturated heterocycles. The highest BCUT2D eigenvalue weighted by Crippen LogP contribution is 2.44. The zero-order valence-electron chi connectivity index (χ0n) is 17.7. The molecule has 2 aromatic carbocycles. The minimum absolute atomic E-state index is 0.0485. The predicted molar refractivity (Wildman–Crippen MR) is 113 cm³/mol. The number of rotatable bonds is 6. The number of hydrogen-bond acceptors (Lipinski definition) is 8. The molecule has 10 nitrogen and oxygen atoms in total. The van der Waals surface area contributed by atoms with Gasteiger partial charge < -0.3 is 24.7 Å². The van der Waals surface area contributed by atoms with E-state index in [4.69, 9.17) is 24.7 Å². The van der Waals surface area contributed by atoms with E-state index in [-0.39, 0.29) is 12.4 Å². The van der Waals surface area contributed by atoms with E-state index in [0.29, 0.717) is 5.56 Å². The zero-order valence-corrected chi connectivity index (χ0v) is 17.7. The number of amides is 1. The highest BCUT2D eigenvalue weighted by Gasteiger charge is 2.54. The molecule has 0 bridgehead atoms. The van der Waals surface area contributed by atoms with Crippen LogP contribution in [0.5, 0.6) is 0 Å². The molecule has 3 heterocycles. The van der Waals surface area contributed by atoms with E-state index in [1.807, 2.05) is 49.4 Å². The van der Waals surface area contributed by atoms with Crippen molar-refractivity contribution < 1.29 is 28.5 Å². The Morgan fingerprint density at radius 3 is 2.48 bits per heavy atom. The number of carbonyl (C=O) groups excluding carboxylic acids is 2. The molecule has 0 saturated carbocycles. The first-order valence-electron chi connectivity index (χ1n) is 10.5. The molecule has 0 radical (unpaired) electrons. The Morgan fingerprint density at radius 2 is 1.76 bits per heavy atom. The van der Waals surface area contributed by atoms with Crippen molar-refractivity contribution in [3.05, 3.63) is 83.4 Å². The van der Waals surface area contributed by atoms with Gasteiger partial charge in [0.05, 0.1) is 5.56 Å². The third-order valence-electron chi connectivity index (χ3n) is 5.65. The largest absolute Gasteiger partial charge is 0.459 e. The van der Waals surface area contributed by atoms with Crippen LogP contribution in [0, 0.1) is 6.92 Å². The summed E-state index contributed by atoms with van der Waals surface area (Å²) < 4.78 is 25.3. The molecular formula is C23H22N4O6. The van der Waals surface area contributed by atoms with Gasteiger partial charge in [-0.15, -0.1) is 5.10 Å². The topological polar surface area (TPSA) is 128 Å². The van der Waals surface area contributed by atoms with E-state index < -0.39 is 42.7 Å². The van der Waals surface area contributed by atoms with E-state index in [2.05, 4.69) is 10.1 Å². The second-order valence-electron chi connectivity index (χ2n) is 7.83. The van der Waals surface area contributed by atoms with Gasteiger partial charge in [0.15, 0.2) is 12.5 Å². The molecular weight excluding hydrogens is 428 g/mol. The molecule has 0 spiro atoms. The van der Waals surface area contributed by atoms with Crippen LogP contribution in [0.15, 0.2) is 60.9 Å². The number of nitrogens with two attached hydrogens (primary N) is 1. The molecule has 2 fully saturated rings. The summed E-state index contributed by atoms with van der Waals surface area (Å²) in [6, 6.07) is 16.7. The van der Waals surface area contributed by atoms with Crippen molar-refractivity contribution in [2.75, 3.05) is 6.61 Å². The Kier molecular flexibility index (Phi) is 5.63. The van der Waals surface area contributed by atoms with Crippen LogP contribution >= 0.6 is 0 Å². The smallest absolute Gasteiger partial charge is 0.338 e. The Labute approximate surface area is 189 Å². The quantitative estimate of drug-likeness (QED) is 0.564. The molecule has 3 aromatic rings. The van der Waals surface area contributed by atoms with Crippen molar-refractivity contribution in [2.45, 2.75) is 37.8 Å². The van der Waals surface area contributed by atoms with Crippen molar-refractivity contribution in [3.63, 3.8) is 0 Å². The highest BCUT2D eigenvalue weighted by atomic mass is 16.8. The second-order valence-corrected chi connectivity index (χ2v) is 7.83. The fourth-order valence-corrected chi connectivity index (χ4v) is 4.00. The second kappa shape index (κ2) is 8.74. The molecule has 10 heteroatoms. The zero-order chi connectivity index (χ0) is 22.9. The van der Waals surface area contributed by atoms with Crippen LogP contribution < -0.4 is 5.73 Å². The molecule has 1 aromatic heterocycles. The average Bonchev–Trinajstić information content (AvgIpc) is 3.54. The maximum Gasteiger partial charge on any atom is 0.338 e. The number of primary amides is 1. The van der Waals surface area contributed by atoms with E-state index >= 15 is 0 Å². The summed E-state index contributed by atoms with van der Waals surface area (Å²) in [7, 11) is 0. The van der Waals surface area contributed by atoms with Crippen molar-refractivity contribution in [2.24, 2.45) is 5.73 Å².